The molecule has 0 aromatic rings. The van der Waals surface area contributed by atoms with Gasteiger partial charge in [-0.3, -0.25) is 0 Å². The normalized spacial score (nSPS) is 45.8. The van der Waals surface area contributed by atoms with E-state index in [1.54, 1.807) is 0 Å². The molecule has 0 radical (unpaired) electrons. The van der Waals surface area contributed by atoms with Crippen molar-refractivity contribution in [2.45, 2.75) is 51.6 Å². The van der Waals surface area contributed by atoms with Crippen molar-refractivity contribution >= 4 is 0 Å². The van der Waals surface area contributed by atoms with E-state index in [-0.39, 0.29) is 0 Å². The van der Waals surface area contributed by atoms with E-state index in [1.165, 1.54) is 31.3 Å². The molecular weight excluding hydrogens is 158 g/mol. The Morgan fingerprint density at radius 1 is 1.38 bits per heavy atom. The van der Waals surface area contributed by atoms with Gasteiger partial charge in [-0.25, -0.2) is 0 Å². The fraction of sp³-hybridized carbons (Fsp3) is 0.833. The second kappa shape index (κ2) is 3.45. The van der Waals surface area contributed by atoms with E-state index in [9.17, 15) is 0 Å². The van der Waals surface area contributed by atoms with E-state index >= 15 is 0 Å². The van der Waals surface area contributed by atoms with E-state index in [1.807, 2.05) is 0 Å². The summed E-state index contributed by atoms with van der Waals surface area (Å²) in [6, 6.07) is 1.32. The van der Waals surface area contributed by atoms with Crippen molar-refractivity contribution in [3.63, 3.8) is 0 Å². The molecule has 74 valence electrons. The largest absolute Gasteiger partial charge is 0.307 e. The van der Waals surface area contributed by atoms with Crippen LogP contribution in [0.25, 0.3) is 0 Å². The molecule has 0 bridgehead atoms. The van der Waals surface area contributed by atoms with Crippen molar-refractivity contribution in [2.75, 3.05) is 0 Å². The summed E-state index contributed by atoms with van der Waals surface area (Å²) in [5.41, 5.74) is 1.45. The SMILES string of the molecule is C=C1CCCC2C(C)CC(C)NC12. The minimum Gasteiger partial charge on any atom is -0.307 e. The number of piperidine rings is 1. The van der Waals surface area contributed by atoms with Crippen LogP contribution in [0.3, 0.4) is 0 Å². The summed E-state index contributed by atoms with van der Waals surface area (Å²) in [6.07, 6.45) is 5.35. The molecule has 1 saturated heterocycles. The minimum absolute atomic E-state index is 0.632. The lowest BCUT2D eigenvalue weighted by atomic mass is 9.70. The Hall–Kier alpha value is -0.300. The van der Waals surface area contributed by atoms with E-state index in [0.29, 0.717) is 12.1 Å². The van der Waals surface area contributed by atoms with Gasteiger partial charge >= 0.3 is 0 Å². The van der Waals surface area contributed by atoms with Crippen LogP contribution in [0.4, 0.5) is 0 Å². The molecule has 4 atom stereocenters. The van der Waals surface area contributed by atoms with Crippen LogP contribution >= 0.6 is 0 Å². The maximum absolute atomic E-state index is 4.20. The third-order valence-electron chi connectivity index (χ3n) is 3.82. The smallest absolute Gasteiger partial charge is 0.0310 e. The van der Waals surface area contributed by atoms with Crippen LogP contribution in [0.2, 0.25) is 0 Å². The fourth-order valence-corrected chi connectivity index (χ4v) is 3.15. The van der Waals surface area contributed by atoms with Crippen molar-refractivity contribution in [2.24, 2.45) is 11.8 Å². The van der Waals surface area contributed by atoms with Gasteiger partial charge in [0.25, 0.3) is 0 Å². The van der Waals surface area contributed by atoms with Crippen LogP contribution < -0.4 is 5.32 Å². The third kappa shape index (κ3) is 1.67. The molecule has 2 aliphatic rings. The number of rotatable bonds is 0. The van der Waals surface area contributed by atoms with E-state index < -0.39 is 0 Å². The zero-order valence-electron chi connectivity index (χ0n) is 8.84. The van der Waals surface area contributed by atoms with E-state index in [4.69, 9.17) is 0 Å². The van der Waals surface area contributed by atoms with Crippen molar-refractivity contribution < 1.29 is 0 Å². The average Bonchev–Trinajstić information content (AvgIpc) is 2.07. The average molecular weight is 179 g/mol. The second-order valence-corrected chi connectivity index (χ2v) is 4.97. The first-order valence-corrected chi connectivity index (χ1v) is 5.62. The molecule has 1 saturated carbocycles. The van der Waals surface area contributed by atoms with Gasteiger partial charge in [0.2, 0.25) is 0 Å². The molecule has 0 spiro atoms. The lowest BCUT2D eigenvalue weighted by molar-refractivity contribution is 0.157. The summed E-state index contributed by atoms with van der Waals surface area (Å²) < 4.78 is 0. The summed E-state index contributed by atoms with van der Waals surface area (Å²) in [5, 5.41) is 3.70. The van der Waals surface area contributed by atoms with Gasteiger partial charge in [0, 0.05) is 12.1 Å². The topological polar surface area (TPSA) is 12.0 Å². The summed E-state index contributed by atoms with van der Waals surface area (Å²) in [4.78, 5) is 0. The second-order valence-electron chi connectivity index (χ2n) is 4.97. The molecule has 1 aliphatic carbocycles. The first-order chi connectivity index (χ1) is 6.18. The summed E-state index contributed by atoms with van der Waals surface area (Å²) in [5.74, 6) is 1.76. The van der Waals surface area contributed by atoms with Gasteiger partial charge in [0.15, 0.2) is 0 Å². The van der Waals surface area contributed by atoms with Crippen LogP contribution in [-0.2, 0) is 0 Å². The highest BCUT2D eigenvalue weighted by atomic mass is 15.0. The van der Waals surface area contributed by atoms with Gasteiger partial charge < -0.3 is 5.32 Å². The summed E-state index contributed by atoms with van der Waals surface area (Å²) in [6.45, 7) is 8.92. The number of hydrogen-bond donors (Lipinski definition) is 1. The van der Waals surface area contributed by atoms with E-state index in [0.717, 1.165) is 11.8 Å². The summed E-state index contributed by atoms with van der Waals surface area (Å²) in [7, 11) is 0. The van der Waals surface area contributed by atoms with Crippen LogP contribution in [0.1, 0.15) is 39.5 Å². The summed E-state index contributed by atoms with van der Waals surface area (Å²) >= 11 is 0. The molecule has 1 heterocycles. The Kier molecular flexibility index (Phi) is 2.46. The number of fused-ring (bicyclic) bond motifs is 1. The maximum atomic E-state index is 4.20. The quantitative estimate of drug-likeness (QED) is 0.564. The lowest BCUT2D eigenvalue weighted by Crippen LogP contribution is -2.51. The van der Waals surface area contributed by atoms with Crippen LogP contribution in [0.5, 0.6) is 0 Å². The van der Waals surface area contributed by atoms with Gasteiger partial charge in [-0.05, 0) is 44.4 Å². The molecule has 0 aromatic heterocycles. The van der Waals surface area contributed by atoms with E-state index in [2.05, 4.69) is 25.7 Å². The Bertz CT molecular complexity index is 209. The molecule has 0 aromatic carbocycles. The van der Waals surface area contributed by atoms with Crippen molar-refractivity contribution in [3.8, 4) is 0 Å². The molecule has 4 unspecified atom stereocenters. The molecule has 2 fully saturated rings. The first-order valence-electron chi connectivity index (χ1n) is 5.62. The van der Waals surface area contributed by atoms with Gasteiger partial charge in [-0.1, -0.05) is 19.1 Å². The lowest BCUT2D eigenvalue weighted by Gasteiger charge is -2.44. The van der Waals surface area contributed by atoms with Crippen molar-refractivity contribution in [1.82, 2.24) is 5.32 Å². The molecule has 13 heavy (non-hydrogen) atoms. The van der Waals surface area contributed by atoms with Crippen LogP contribution in [0.15, 0.2) is 12.2 Å². The van der Waals surface area contributed by atoms with Crippen molar-refractivity contribution in [3.05, 3.63) is 12.2 Å². The predicted octanol–water partition coefficient (Wildman–Crippen LogP) is 2.73. The molecule has 1 nitrogen and oxygen atoms in total. The van der Waals surface area contributed by atoms with Gasteiger partial charge in [-0.15, -0.1) is 0 Å². The highest BCUT2D eigenvalue weighted by Gasteiger charge is 2.36. The third-order valence-corrected chi connectivity index (χ3v) is 3.82. The van der Waals surface area contributed by atoms with Crippen LogP contribution in [0, 0.1) is 11.8 Å². The monoisotopic (exact) mass is 179 g/mol. The molecule has 1 aliphatic heterocycles. The molecule has 2 rings (SSSR count). The first kappa shape index (κ1) is 9.26. The Balaban J connectivity index is 2.12. The molecule has 1 N–H and O–H groups in total. The zero-order valence-corrected chi connectivity index (χ0v) is 8.84. The van der Waals surface area contributed by atoms with Crippen LogP contribution in [-0.4, -0.2) is 12.1 Å². The Labute approximate surface area is 81.6 Å². The number of nitrogens with one attached hydrogen (secondary N) is 1. The molecule has 0 amide bonds. The van der Waals surface area contributed by atoms with Crippen molar-refractivity contribution in [1.29, 1.82) is 0 Å². The number of hydrogen-bond acceptors (Lipinski definition) is 1. The highest BCUT2D eigenvalue weighted by Crippen LogP contribution is 2.38. The standard InChI is InChI=1S/C12H21N/c1-8-5-4-6-11-9(2)7-10(3)13-12(8)11/h9-13H,1,4-7H2,2-3H3. The van der Waals surface area contributed by atoms with Gasteiger partial charge in [0.05, 0.1) is 0 Å². The maximum Gasteiger partial charge on any atom is 0.0310 e. The Morgan fingerprint density at radius 3 is 2.92 bits per heavy atom. The predicted molar refractivity (Wildman–Crippen MR) is 56.6 cm³/mol. The fourth-order valence-electron chi connectivity index (χ4n) is 3.15. The minimum atomic E-state index is 0.632. The molecular formula is C12H21N. The molecule has 1 heteroatoms. The van der Waals surface area contributed by atoms with Gasteiger partial charge in [-0.2, -0.15) is 0 Å². The Morgan fingerprint density at radius 2 is 2.15 bits per heavy atom. The highest BCUT2D eigenvalue weighted by molar-refractivity contribution is 5.13. The van der Waals surface area contributed by atoms with Gasteiger partial charge in [0.1, 0.15) is 0 Å². The zero-order chi connectivity index (χ0) is 9.42.